The maximum Gasteiger partial charge on any atom is 0.433 e. The smallest absolute Gasteiger partial charge is 0.433 e. The summed E-state index contributed by atoms with van der Waals surface area (Å²) >= 11 is 1.30. The summed E-state index contributed by atoms with van der Waals surface area (Å²) in [6, 6.07) is 0.957. The molecule has 1 aromatic rings. The molecule has 0 saturated heterocycles. The van der Waals surface area contributed by atoms with E-state index in [1.165, 1.54) is 19.1 Å². The first kappa shape index (κ1) is 19.8. The van der Waals surface area contributed by atoms with Gasteiger partial charge >= 0.3 is 6.18 Å². The van der Waals surface area contributed by atoms with Crippen molar-refractivity contribution in [2.45, 2.75) is 46.0 Å². The van der Waals surface area contributed by atoms with Crippen LogP contribution in [0.4, 0.5) is 13.2 Å². The fraction of sp³-hybridized carbons (Fsp3) is 0.571. The molecule has 3 nitrogen and oxygen atoms in total. The molecule has 0 aromatic carbocycles. The maximum atomic E-state index is 12.6. The number of aromatic nitrogens is 1. The van der Waals surface area contributed by atoms with Gasteiger partial charge in [-0.15, -0.1) is 0 Å². The molecule has 120 valence electrons. The largest absolute Gasteiger partial charge is 0.494 e. The topological polar surface area (TPSA) is 34.5 Å². The average molecular weight is 322 g/mol. The summed E-state index contributed by atoms with van der Waals surface area (Å²) in [6.45, 7) is 9.55. The summed E-state index contributed by atoms with van der Waals surface area (Å²) < 4.78 is 47.1. The van der Waals surface area contributed by atoms with Crippen LogP contribution in [0.1, 0.15) is 45.9 Å². The number of methoxy groups -OCH3 is 1. The fourth-order valence-electron chi connectivity index (χ4n) is 1.28. The molecule has 1 rings (SSSR count). The maximum absolute atomic E-state index is 12.6. The van der Waals surface area contributed by atoms with E-state index in [9.17, 15) is 13.2 Å². The molecule has 0 aliphatic heterocycles. The van der Waals surface area contributed by atoms with Gasteiger partial charge in [-0.1, -0.05) is 27.7 Å². The summed E-state index contributed by atoms with van der Waals surface area (Å²) in [5, 5.41) is 0.255. The molecule has 7 heteroatoms. The van der Waals surface area contributed by atoms with Crippen LogP contribution in [0.3, 0.4) is 0 Å². The van der Waals surface area contributed by atoms with Crippen LogP contribution in [0.15, 0.2) is 16.7 Å². The van der Waals surface area contributed by atoms with Crippen molar-refractivity contribution < 1.29 is 17.9 Å². The number of nitrogens with zero attached hydrogens (tertiary/aromatic N) is 2. The molecule has 0 atom stereocenters. The highest BCUT2D eigenvalue weighted by Crippen LogP contribution is 2.31. The van der Waals surface area contributed by atoms with Gasteiger partial charge < -0.3 is 4.74 Å². The lowest BCUT2D eigenvalue weighted by atomic mass is 10.1. The first-order chi connectivity index (χ1) is 9.75. The predicted molar refractivity (Wildman–Crippen MR) is 82.1 cm³/mol. The number of pyridine rings is 1. The zero-order valence-electron chi connectivity index (χ0n) is 13.1. The van der Waals surface area contributed by atoms with E-state index in [0.29, 0.717) is 11.3 Å². The molecule has 1 aromatic heterocycles. The fourth-order valence-corrected chi connectivity index (χ4v) is 1.74. The molecule has 0 fully saturated rings. The second-order valence-electron chi connectivity index (χ2n) is 4.10. The summed E-state index contributed by atoms with van der Waals surface area (Å²) in [5.41, 5.74) is -0.172. The minimum absolute atomic E-state index is 0.255. The highest BCUT2D eigenvalue weighted by molar-refractivity contribution is 7.98. The average Bonchev–Trinajstić information content (AvgIpc) is 2.45. The van der Waals surface area contributed by atoms with Crippen molar-refractivity contribution in [3.8, 4) is 5.75 Å². The Kier molecular flexibility index (Phi) is 8.39. The van der Waals surface area contributed by atoms with Gasteiger partial charge in [0.1, 0.15) is 11.4 Å². The molecule has 0 unspecified atom stereocenters. The second kappa shape index (κ2) is 8.92. The van der Waals surface area contributed by atoms with Crippen LogP contribution in [0, 0.1) is 0 Å². The third kappa shape index (κ3) is 6.37. The summed E-state index contributed by atoms with van der Waals surface area (Å²) in [5.74, 6) is 0.276. The van der Waals surface area contributed by atoms with Gasteiger partial charge in [-0.3, -0.25) is 0 Å². The Morgan fingerprint density at radius 2 is 1.90 bits per heavy atom. The van der Waals surface area contributed by atoms with Crippen LogP contribution in [0.25, 0.3) is 0 Å². The van der Waals surface area contributed by atoms with E-state index in [1.807, 2.05) is 27.7 Å². The Morgan fingerprint density at radius 1 is 1.33 bits per heavy atom. The number of ether oxygens (including phenoxy) is 1. The van der Waals surface area contributed by atoms with Crippen LogP contribution >= 0.6 is 11.9 Å². The number of rotatable bonds is 4. The van der Waals surface area contributed by atoms with Crippen LogP contribution in [0.2, 0.25) is 0 Å². The van der Waals surface area contributed by atoms with E-state index in [-0.39, 0.29) is 11.0 Å². The normalized spacial score (nSPS) is 12.0. The van der Waals surface area contributed by atoms with Gasteiger partial charge in [0.25, 0.3) is 0 Å². The lowest BCUT2D eigenvalue weighted by molar-refractivity contribution is -0.141. The van der Waals surface area contributed by atoms with Crippen molar-refractivity contribution in [1.82, 2.24) is 4.98 Å². The van der Waals surface area contributed by atoms with Gasteiger partial charge in [-0.25, -0.2) is 9.38 Å². The van der Waals surface area contributed by atoms with Crippen molar-refractivity contribution in [2.75, 3.05) is 7.11 Å². The number of hydrogen-bond acceptors (Lipinski definition) is 4. The minimum Gasteiger partial charge on any atom is -0.494 e. The van der Waals surface area contributed by atoms with Gasteiger partial charge in [0.2, 0.25) is 0 Å². The number of alkyl halides is 3. The second-order valence-corrected chi connectivity index (χ2v) is 5.43. The van der Waals surface area contributed by atoms with Gasteiger partial charge in [-0.05, 0) is 24.9 Å². The third-order valence-electron chi connectivity index (χ3n) is 2.17. The van der Waals surface area contributed by atoms with E-state index in [2.05, 4.69) is 9.38 Å². The van der Waals surface area contributed by atoms with Crippen molar-refractivity contribution in [3.05, 3.63) is 23.5 Å². The zero-order chi connectivity index (χ0) is 16.6. The van der Waals surface area contributed by atoms with Crippen molar-refractivity contribution in [3.63, 3.8) is 0 Å². The lowest BCUT2D eigenvalue weighted by Crippen LogP contribution is -2.10. The zero-order valence-corrected chi connectivity index (χ0v) is 13.9. The number of hydrogen-bond donors (Lipinski definition) is 0. The number of halogens is 3. The van der Waals surface area contributed by atoms with Crippen LogP contribution < -0.4 is 4.74 Å². The van der Waals surface area contributed by atoms with Crippen LogP contribution in [-0.2, 0) is 6.18 Å². The molecular formula is C14H21F3N2OS. The monoisotopic (exact) mass is 322 g/mol. The van der Waals surface area contributed by atoms with E-state index in [0.717, 1.165) is 12.3 Å². The first-order valence-corrected chi connectivity index (χ1v) is 7.41. The minimum atomic E-state index is -4.48. The van der Waals surface area contributed by atoms with Crippen LogP contribution in [-0.4, -0.2) is 23.1 Å². The molecule has 0 aliphatic rings. The molecule has 0 amide bonds. The molecule has 1 heterocycles. The Labute approximate surface area is 128 Å². The summed E-state index contributed by atoms with van der Waals surface area (Å²) in [7, 11) is 1.39. The molecule has 0 spiro atoms. The SMILES string of the molecule is CC.COc1cnc(C(F)(F)F)cc1/C(C)=N/SC(C)C. The molecule has 0 N–H and O–H groups in total. The highest BCUT2D eigenvalue weighted by atomic mass is 32.2. The Morgan fingerprint density at radius 3 is 2.33 bits per heavy atom. The van der Waals surface area contributed by atoms with Crippen molar-refractivity contribution >= 4 is 17.7 Å². The van der Waals surface area contributed by atoms with Crippen molar-refractivity contribution in [1.29, 1.82) is 0 Å². The molecule has 0 saturated carbocycles. The molecular weight excluding hydrogens is 301 g/mol. The Bertz CT molecular complexity index is 474. The third-order valence-corrected chi connectivity index (χ3v) is 2.97. The van der Waals surface area contributed by atoms with Crippen LogP contribution in [0.5, 0.6) is 5.75 Å². The van der Waals surface area contributed by atoms with Gasteiger partial charge in [0, 0.05) is 10.8 Å². The van der Waals surface area contributed by atoms with Gasteiger partial charge in [-0.2, -0.15) is 13.2 Å². The molecule has 0 bridgehead atoms. The first-order valence-electron chi connectivity index (χ1n) is 6.57. The van der Waals surface area contributed by atoms with E-state index < -0.39 is 11.9 Å². The lowest BCUT2D eigenvalue weighted by Gasteiger charge is -2.11. The Balaban J connectivity index is 0.00000191. The van der Waals surface area contributed by atoms with E-state index in [4.69, 9.17) is 4.74 Å². The van der Waals surface area contributed by atoms with E-state index >= 15 is 0 Å². The standard InChI is InChI=1S/C12H15F3N2OS.C2H6/c1-7(2)19-17-8(3)9-5-11(12(13,14)15)16-6-10(9)18-4;1-2/h5-7H,1-4H3;1-2H3/b17-8+;. The van der Waals surface area contributed by atoms with Gasteiger partial charge in [0.15, 0.2) is 0 Å². The molecule has 0 radical (unpaired) electrons. The molecule has 21 heavy (non-hydrogen) atoms. The van der Waals surface area contributed by atoms with Gasteiger partial charge in [0.05, 0.1) is 19.0 Å². The van der Waals surface area contributed by atoms with E-state index in [1.54, 1.807) is 6.92 Å². The quantitative estimate of drug-likeness (QED) is 0.578. The summed E-state index contributed by atoms with van der Waals surface area (Å²) in [4.78, 5) is 3.35. The highest BCUT2D eigenvalue weighted by Gasteiger charge is 2.33. The van der Waals surface area contributed by atoms with Crippen molar-refractivity contribution in [2.24, 2.45) is 4.40 Å². The predicted octanol–water partition coefficient (Wildman–Crippen LogP) is 5.00. The summed E-state index contributed by atoms with van der Waals surface area (Å²) in [6.07, 6.45) is -3.41. The molecule has 0 aliphatic carbocycles. The Hall–Kier alpha value is -1.24.